The molecule has 0 saturated carbocycles. The van der Waals surface area contributed by atoms with Crippen LogP contribution in [0.25, 0.3) is 0 Å². The van der Waals surface area contributed by atoms with Gasteiger partial charge in [0.05, 0.1) is 0 Å². The van der Waals surface area contributed by atoms with Crippen molar-refractivity contribution in [2.45, 2.75) is 12.8 Å². The Bertz CT molecular complexity index is 212. The lowest BCUT2D eigenvalue weighted by Crippen LogP contribution is -2.44. The first kappa shape index (κ1) is 16.2. The Kier molecular flexibility index (Phi) is 7.83. The van der Waals surface area contributed by atoms with Gasteiger partial charge in [0.2, 0.25) is 0 Å². The van der Waals surface area contributed by atoms with Crippen LogP contribution in [0.1, 0.15) is 12.8 Å². The van der Waals surface area contributed by atoms with E-state index in [2.05, 4.69) is 32.4 Å². The molecule has 0 radical (unpaired) electrons. The Morgan fingerprint density at radius 3 is 1.55 bits per heavy atom. The van der Waals surface area contributed by atoms with Gasteiger partial charge in [-0.05, 0) is 46.1 Å². The molecule has 2 rings (SSSR count). The van der Waals surface area contributed by atoms with Crippen molar-refractivity contribution >= 4 is 0 Å². The summed E-state index contributed by atoms with van der Waals surface area (Å²) in [6.07, 6.45) is 2.62. The fourth-order valence-corrected chi connectivity index (χ4v) is 3.11. The van der Waals surface area contributed by atoms with Gasteiger partial charge < -0.3 is 25.3 Å². The van der Waals surface area contributed by atoms with E-state index in [-0.39, 0.29) is 0 Å². The largest absolute Gasteiger partial charge is 0.314 e. The minimum Gasteiger partial charge on any atom is -0.314 e. The highest BCUT2D eigenvalue weighted by atomic mass is 15.2. The first-order valence-electron chi connectivity index (χ1n) is 8.39. The Labute approximate surface area is 124 Å². The van der Waals surface area contributed by atoms with Crippen molar-refractivity contribution in [2.75, 3.05) is 85.6 Å². The van der Waals surface area contributed by atoms with E-state index >= 15 is 0 Å². The molecule has 2 fully saturated rings. The molecule has 0 unspecified atom stereocenters. The molecule has 2 aliphatic rings. The summed E-state index contributed by atoms with van der Waals surface area (Å²) in [5.74, 6) is 0. The Morgan fingerprint density at radius 1 is 0.750 bits per heavy atom. The first-order chi connectivity index (χ1) is 9.84. The van der Waals surface area contributed by atoms with Crippen LogP contribution in [0.2, 0.25) is 0 Å². The van der Waals surface area contributed by atoms with Gasteiger partial charge in [0.15, 0.2) is 0 Å². The number of hydrogen-bond donors (Lipinski definition) is 2. The highest BCUT2D eigenvalue weighted by Gasteiger charge is 2.10. The maximum Gasteiger partial charge on any atom is 0.0107 e. The molecule has 0 atom stereocenters. The summed E-state index contributed by atoms with van der Waals surface area (Å²) < 4.78 is 0. The summed E-state index contributed by atoms with van der Waals surface area (Å²) in [5.41, 5.74) is 0. The molecule has 2 aliphatic heterocycles. The maximum absolute atomic E-state index is 3.41. The second kappa shape index (κ2) is 9.68. The third-order valence-corrected chi connectivity index (χ3v) is 4.45. The quantitative estimate of drug-likeness (QED) is 0.628. The molecule has 2 heterocycles. The number of hydrogen-bond acceptors (Lipinski definition) is 5. The van der Waals surface area contributed by atoms with Crippen LogP contribution in [-0.4, -0.2) is 100 Å². The topological polar surface area (TPSA) is 33.8 Å². The van der Waals surface area contributed by atoms with Crippen LogP contribution in [0.15, 0.2) is 0 Å². The molecular weight excluding hydrogens is 250 g/mol. The van der Waals surface area contributed by atoms with Crippen molar-refractivity contribution in [3.63, 3.8) is 0 Å². The molecule has 0 aliphatic carbocycles. The Morgan fingerprint density at radius 2 is 1.15 bits per heavy atom. The lowest BCUT2D eigenvalue weighted by atomic mass is 10.3. The van der Waals surface area contributed by atoms with Crippen LogP contribution in [0.3, 0.4) is 0 Å². The summed E-state index contributed by atoms with van der Waals surface area (Å²) in [6.45, 7) is 14.6. The van der Waals surface area contributed by atoms with E-state index in [0.29, 0.717) is 0 Å². The van der Waals surface area contributed by atoms with Crippen LogP contribution in [0, 0.1) is 0 Å². The van der Waals surface area contributed by atoms with Crippen molar-refractivity contribution < 1.29 is 0 Å². The fourth-order valence-electron chi connectivity index (χ4n) is 3.11. The second-order valence-electron chi connectivity index (χ2n) is 6.19. The van der Waals surface area contributed by atoms with Gasteiger partial charge in [-0.2, -0.15) is 0 Å². The molecule has 2 N–H and O–H groups in total. The van der Waals surface area contributed by atoms with Crippen molar-refractivity contribution in [3.05, 3.63) is 0 Å². The van der Waals surface area contributed by atoms with Crippen molar-refractivity contribution in [1.82, 2.24) is 25.3 Å². The minimum absolute atomic E-state index is 1.17. The lowest BCUT2D eigenvalue weighted by molar-refractivity contribution is 0.207. The van der Waals surface area contributed by atoms with Gasteiger partial charge in [0.25, 0.3) is 0 Å². The van der Waals surface area contributed by atoms with Crippen LogP contribution >= 0.6 is 0 Å². The maximum atomic E-state index is 3.41. The van der Waals surface area contributed by atoms with Gasteiger partial charge in [0.1, 0.15) is 0 Å². The Hall–Kier alpha value is -0.200. The van der Waals surface area contributed by atoms with E-state index in [0.717, 1.165) is 0 Å². The standard InChI is InChI=1S/C15H33N5/c1-18(8-2-10-19-12-4-16-5-13-19)9-3-11-20-14-6-17-7-15-20/h16-17H,2-15H2,1H3. The molecule has 0 aromatic heterocycles. The molecule has 2 saturated heterocycles. The predicted octanol–water partition coefficient (Wildman–Crippen LogP) is -0.491. The first-order valence-corrected chi connectivity index (χ1v) is 8.39. The highest BCUT2D eigenvalue weighted by Crippen LogP contribution is 1.99. The molecule has 0 bridgehead atoms. The van der Waals surface area contributed by atoms with Crippen LogP contribution in [0.4, 0.5) is 0 Å². The molecule has 118 valence electrons. The zero-order chi connectivity index (χ0) is 14.0. The predicted molar refractivity (Wildman–Crippen MR) is 85.4 cm³/mol. The van der Waals surface area contributed by atoms with Crippen molar-refractivity contribution in [2.24, 2.45) is 0 Å². The molecule has 0 spiro atoms. The summed E-state index contributed by atoms with van der Waals surface area (Å²) in [4.78, 5) is 7.68. The van der Waals surface area contributed by atoms with Crippen LogP contribution in [0.5, 0.6) is 0 Å². The molecule has 0 amide bonds. The SMILES string of the molecule is CN(CCCN1CCNCC1)CCCN1CCNCC1. The van der Waals surface area contributed by atoms with E-state index in [1.54, 1.807) is 0 Å². The minimum atomic E-state index is 1.17. The van der Waals surface area contributed by atoms with Crippen molar-refractivity contribution in [1.29, 1.82) is 0 Å². The zero-order valence-electron chi connectivity index (χ0n) is 13.2. The number of piperazine rings is 2. The third kappa shape index (κ3) is 6.50. The van der Waals surface area contributed by atoms with Crippen LogP contribution in [-0.2, 0) is 0 Å². The van der Waals surface area contributed by atoms with E-state index in [9.17, 15) is 0 Å². The van der Waals surface area contributed by atoms with Gasteiger partial charge in [-0.3, -0.25) is 0 Å². The molecule has 5 heteroatoms. The Balaban J connectivity index is 1.44. The van der Waals surface area contributed by atoms with Gasteiger partial charge in [-0.1, -0.05) is 0 Å². The summed E-state index contributed by atoms with van der Waals surface area (Å²) in [5, 5.41) is 6.82. The summed E-state index contributed by atoms with van der Waals surface area (Å²) in [7, 11) is 2.27. The number of nitrogens with one attached hydrogen (secondary N) is 2. The van der Waals surface area contributed by atoms with Crippen molar-refractivity contribution in [3.8, 4) is 0 Å². The fraction of sp³-hybridized carbons (Fsp3) is 1.00. The van der Waals surface area contributed by atoms with Gasteiger partial charge in [-0.15, -0.1) is 0 Å². The van der Waals surface area contributed by atoms with Gasteiger partial charge >= 0.3 is 0 Å². The van der Waals surface area contributed by atoms with Crippen LogP contribution < -0.4 is 10.6 Å². The molecule has 5 nitrogen and oxygen atoms in total. The second-order valence-corrected chi connectivity index (χ2v) is 6.19. The number of rotatable bonds is 8. The molecular formula is C15H33N5. The van der Waals surface area contributed by atoms with E-state index in [1.165, 1.54) is 91.4 Å². The van der Waals surface area contributed by atoms with Gasteiger partial charge in [0, 0.05) is 52.4 Å². The summed E-state index contributed by atoms with van der Waals surface area (Å²) in [6, 6.07) is 0. The average molecular weight is 283 g/mol. The van der Waals surface area contributed by atoms with E-state index in [4.69, 9.17) is 0 Å². The zero-order valence-corrected chi connectivity index (χ0v) is 13.2. The third-order valence-electron chi connectivity index (χ3n) is 4.45. The molecule has 0 aromatic carbocycles. The average Bonchev–Trinajstić information content (AvgIpc) is 2.49. The normalized spacial score (nSPS) is 22.5. The molecule has 0 aromatic rings. The van der Waals surface area contributed by atoms with E-state index < -0.39 is 0 Å². The highest BCUT2D eigenvalue weighted by molar-refractivity contribution is 4.69. The van der Waals surface area contributed by atoms with Gasteiger partial charge in [-0.25, -0.2) is 0 Å². The lowest BCUT2D eigenvalue weighted by Gasteiger charge is -2.29. The number of nitrogens with zero attached hydrogens (tertiary/aromatic N) is 3. The summed E-state index contributed by atoms with van der Waals surface area (Å²) >= 11 is 0. The smallest absolute Gasteiger partial charge is 0.0107 e. The van der Waals surface area contributed by atoms with E-state index in [1.807, 2.05) is 0 Å². The monoisotopic (exact) mass is 283 g/mol. The molecule has 20 heavy (non-hydrogen) atoms.